The molecular formula is C109H205B7Si2. The third-order valence-electron chi connectivity index (χ3n) is 29.7. The highest BCUT2D eigenvalue weighted by molar-refractivity contribution is 6.86. The van der Waals surface area contributed by atoms with Gasteiger partial charge in [-0.05, 0) is 17.1 Å². The first kappa shape index (κ1) is 117. The minimum atomic E-state index is -1.24. The van der Waals surface area contributed by atoms with E-state index in [1.165, 1.54) is 161 Å². The molecule has 118 heavy (non-hydrogen) atoms. The number of unbranched alkanes of at least 4 members (excludes halogenated alkanes) is 5. The summed E-state index contributed by atoms with van der Waals surface area (Å²) in [5, 5.41) is 2.80. The molecule has 0 heterocycles. The Morgan fingerprint density at radius 1 is 0.356 bits per heavy atom. The van der Waals surface area contributed by atoms with Gasteiger partial charge < -0.3 is 0 Å². The van der Waals surface area contributed by atoms with Crippen LogP contribution in [0.15, 0.2) is 115 Å². The zero-order valence-corrected chi connectivity index (χ0v) is 89.5. The van der Waals surface area contributed by atoms with Gasteiger partial charge in [0.25, 0.3) is 0 Å². The maximum absolute atomic E-state index is 3.63. The van der Waals surface area contributed by atoms with Gasteiger partial charge in [-0.25, -0.2) is 0 Å². The Bertz CT molecular complexity index is 2980. The lowest BCUT2D eigenvalue weighted by Crippen LogP contribution is -2.41. The highest BCUT2D eigenvalue weighted by Crippen LogP contribution is 2.40. The van der Waals surface area contributed by atoms with Crippen LogP contribution in [-0.4, -0.2) is 63.1 Å². The van der Waals surface area contributed by atoms with Crippen LogP contribution in [0.4, 0.5) is 0 Å². The molecule has 0 bridgehead atoms. The van der Waals surface area contributed by atoms with E-state index in [-0.39, 0.29) is 0 Å². The average Bonchev–Trinajstić information content (AvgIpc) is 0.789. The van der Waals surface area contributed by atoms with Gasteiger partial charge in [0, 0.05) is 0 Å². The van der Waals surface area contributed by atoms with Crippen LogP contribution in [0.25, 0.3) is 10.8 Å². The molecule has 0 aliphatic heterocycles. The van der Waals surface area contributed by atoms with E-state index >= 15 is 0 Å². The fourth-order valence-electron chi connectivity index (χ4n) is 17.8. The minimum Gasteiger partial charge on any atom is -0.162 e. The Balaban J connectivity index is 0. The summed E-state index contributed by atoms with van der Waals surface area (Å²) >= 11 is 0. The van der Waals surface area contributed by atoms with Crippen LogP contribution < -0.4 is 10.9 Å². The molecule has 1 aliphatic carbocycles. The van der Waals surface area contributed by atoms with Crippen molar-refractivity contribution in [3.63, 3.8) is 0 Å². The molecule has 0 N–H and O–H groups in total. The standard InChI is InChI=1S/C20H29B.C17H29B.C16H27B.C15H33BSi.C15H31BSi.C14H29B.C12H27B/c1-14(2)16(5)21(17(6)15(3)4)20-13-9-11-18-10-7-8-12-19(18)20;1-13(2)15(5)18(16(6)14(3)4)12-17-10-8-7-9-11-17;1-12(2)14(5)17(15(6)13(3)4)16-10-8-7-9-11-16;2*1-12(2)14(5)16(15(6)13(3)4)10-11-17(7,8)9;1-3-5-12-15(13-6-4-2)14-10-8-7-9-11-14;1-4-7-10-13(11-8-5-2)12-9-6-3/h7-17H,1-6H3;7-11,13-16H,12H2,1-6H3;7-15H,1-6H3;10-15H,1-9H3;12-15H,1-9H3;14H,3-13H2,1-2H3;4-12H2,1-3H3. The van der Waals surface area contributed by atoms with Crippen molar-refractivity contribution in [1.29, 1.82) is 0 Å². The number of hydrogen-bond donors (Lipinski definition) is 0. The Labute approximate surface area is 750 Å². The summed E-state index contributed by atoms with van der Waals surface area (Å²) in [6, 6.07) is 37.6. The van der Waals surface area contributed by atoms with Gasteiger partial charge in [0.15, 0.2) is 26.9 Å². The van der Waals surface area contributed by atoms with Crippen LogP contribution >= 0.6 is 0 Å². The smallest absolute Gasteiger partial charge is 0.162 e. The molecule has 1 saturated carbocycles. The second-order valence-corrected chi connectivity index (χ2v) is 54.3. The van der Waals surface area contributed by atoms with Crippen LogP contribution in [0, 0.1) is 70.5 Å². The summed E-state index contributed by atoms with van der Waals surface area (Å²) in [5.41, 5.74) is 10.7. The van der Waals surface area contributed by atoms with Crippen molar-refractivity contribution in [2.75, 3.05) is 0 Å². The molecule has 0 nitrogen and oxygen atoms in total. The maximum Gasteiger partial charge on any atom is 0.236 e. The summed E-state index contributed by atoms with van der Waals surface area (Å²) in [5.74, 6) is 22.0. The summed E-state index contributed by atoms with van der Waals surface area (Å²) in [4.78, 5) is 0. The van der Waals surface area contributed by atoms with Crippen LogP contribution in [0.2, 0.25) is 135 Å². The van der Waals surface area contributed by atoms with Crippen LogP contribution in [-0.2, 0) is 6.32 Å². The normalized spacial score (nSPS) is 15.1. The average molecular weight is 1650 g/mol. The molecule has 0 spiro atoms. The first-order valence-corrected chi connectivity index (χ1v) is 58.0. The van der Waals surface area contributed by atoms with Crippen molar-refractivity contribution in [1.82, 2.24) is 0 Å². The maximum atomic E-state index is 3.63. The highest BCUT2D eigenvalue weighted by atomic mass is 28.3. The molecule has 0 amide bonds. The second kappa shape index (κ2) is 65.0. The lowest BCUT2D eigenvalue weighted by Gasteiger charge is -2.32. The van der Waals surface area contributed by atoms with Crippen molar-refractivity contribution in [3.05, 3.63) is 120 Å². The van der Waals surface area contributed by atoms with Crippen molar-refractivity contribution in [2.45, 2.75) is 480 Å². The molecule has 670 valence electrons. The van der Waals surface area contributed by atoms with Crippen molar-refractivity contribution >= 4 is 84.8 Å². The Morgan fingerprint density at radius 2 is 0.695 bits per heavy atom. The highest BCUT2D eigenvalue weighted by Gasteiger charge is 2.37. The van der Waals surface area contributed by atoms with E-state index in [2.05, 4.69) is 408 Å². The zero-order valence-electron chi connectivity index (χ0n) is 87.5. The molecule has 0 radical (unpaired) electrons. The molecule has 0 aromatic heterocycles. The summed E-state index contributed by atoms with van der Waals surface area (Å²) in [7, 11) is -2.30. The third kappa shape index (κ3) is 49.3. The quantitative estimate of drug-likeness (QED) is 0.0306. The van der Waals surface area contributed by atoms with Gasteiger partial charge in [-0.2, -0.15) is 5.82 Å². The van der Waals surface area contributed by atoms with Gasteiger partial charge >= 0.3 is 0 Å². The lowest BCUT2D eigenvalue weighted by atomic mass is 9.28. The van der Waals surface area contributed by atoms with Crippen LogP contribution in [0.5, 0.6) is 0 Å². The molecule has 10 atom stereocenters. The number of fused-ring (bicyclic) bond motifs is 1. The first-order valence-electron chi connectivity index (χ1n) is 50.9. The predicted molar refractivity (Wildman–Crippen MR) is 572 cm³/mol. The van der Waals surface area contributed by atoms with Gasteiger partial charge in [0.2, 0.25) is 6.71 Å². The topological polar surface area (TPSA) is 0 Å². The van der Waals surface area contributed by atoms with Crippen molar-refractivity contribution in [3.8, 4) is 11.4 Å². The monoisotopic (exact) mass is 1650 g/mol. The van der Waals surface area contributed by atoms with Crippen molar-refractivity contribution < 1.29 is 0 Å². The van der Waals surface area contributed by atoms with E-state index < -0.39 is 16.1 Å². The fraction of sp³-hybridized carbons (Fsp3) is 0.761. The third-order valence-corrected chi connectivity index (χ3v) is 31.8. The molecule has 9 heteroatoms. The molecule has 5 rings (SSSR count). The number of benzene rings is 4. The zero-order chi connectivity index (χ0) is 90.8. The molecule has 1 fully saturated rings. The van der Waals surface area contributed by atoms with E-state index in [4.69, 9.17) is 0 Å². The summed E-state index contributed by atoms with van der Waals surface area (Å²) in [6.07, 6.45) is 30.4. The van der Waals surface area contributed by atoms with Gasteiger partial charge in [0.05, 0.1) is 8.07 Å². The minimum absolute atomic E-state index is 0.557. The Kier molecular flexibility index (Phi) is 64.6. The summed E-state index contributed by atoms with van der Waals surface area (Å²) < 4.78 is 0. The predicted octanol–water partition coefficient (Wildman–Crippen LogP) is 36.3. The first-order chi connectivity index (χ1) is 55.2. The number of hydrogen-bond acceptors (Lipinski definition) is 0. The van der Waals surface area contributed by atoms with Gasteiger partial charge in [0.1, 0.15) is 21.5 Å². The molecular weight excluding hydrogens is 1440 g/mol. The molecule has 4 aromatic rings. The van der Waals surface area contributed by atoms with Gasteiger partial charge in [-0.1, -0.05) is 652 Å². The lowest BCUT2D eigenvalue weighted by molar-refractivity contribution is 0.493. The van der Waals surface area contributed by atoms with E-state index in [0.29, 0.717) is 55.2 Å². The Hall–Kier alpha value is -2.67. The molecule has 1 aliphatic rings. The molecule has 10 unspecified atom stereocenters. The SMILES string of the molecule is CC(C)C(C)B(C#C[Si](C)(C)C)C(C)C(C)C.CC(C)C(C)B(C=C[Si](C)(C)C)C(C)C(C)C.CC(C)C(C)B(Cc1ccccc1)C(C)C(C)C.CC(C)C(C)B(c1cccc2ccccc12)C(C)C(C)C.CC(C)C(C)B(c1ccccc1)C(C)C(C)C.CCCCB(CCCC)C1CCCCC1.CCCCB(CCCC)CCCC. The second-order valence-electron chi connectivity index (χ2n) is 44.5. The van der Waals surface area contributed by atoms with Gasteiger partial charge in [-0.3, -0.25) is 0 Å². The van der Waals surface area contributed by atoms with Gasteiger partial charge in [-0.15, -0.1) is 17.2 Å². The van der Waals surface area contributed by atoms with E-state index in [1.807, 2.05) is 0 Å². The fourth-order valence-corrected chi connectivity index (χ4v) is 19.2. The largest absolute Gasteiger partial charge is 0.236 e. The van der Waals surface area contributed by atoms with E-state index in [0.717, 1.165) is 115 Å². The van der Waals surface area contributed by atoms with Crippen molar-refractivity contribution in [2.24, 2.45) is 59.2 Å². The summed E-state index contributed by atoms with van der Waals surface area (Å²) in [6.45, 7) is 102. The molecule has 0 saturated heterocycles. The number of rotatable bonds is 42. The van der Waals surface area contributed by atoms with E-state index in [9.17, 15) is 0 Å². The Morgan fingerprint density at radius 3 is 1.05 bits per heavy atom. The van der Waals surface area contributed by atoms with Crippen LogP contribution in [0.1, 0.15) is 344 Å². The van der Waals surface area contributed by atoms with E-state index in [1.54, 1.807) is 0 Å². The molecule has 4 aromatic carbocycles. The van der Waals surface area contributed by atoms with Crippen LogP contribution in [0.3, 0.4) is 0 Å².